The van der Waals surface area contributed by atoms with Crippen LogP contribution in [0.2, 0.25) is 5.02 Å². The van der Waals surface area contributed by atoms with Gasteiger partial charge in [0.2, 0.25) is 0 Å². The summed E-state index contributed by atoms with van der Waals surface area (Å²) in [5.41, 5.74) is 1.10. The average molecular weight is 327 g/mol. The lowest BCUT2D eigenvalue weighted by Crippen LogP contribution is -1.98. The Morgan fingerprint density at radius 3 is 2.62 bits per heavy atom. The highest BCUT2D eigenvalue weighted by atomic mass is 35.5. The molecule has 0 fully saturated rings. The van der Waals surface area contributed by atoms with Crippen LogP contribution in [-0.4, -0.2) is 5.88 Å². The quantitative estimate of drug-likeness (QED) is 0.582. The van der Waals surface area contributed by atoms with Gasteiger partial charge in [0.05, 0.1) is 16.5 Å². The van der Waals surface area contributed by atoms with Gasteiger partial charge in [0.1, 0.15) is 24.0 Å². The zero-order valence-electron chi connectivity index (χ0n) is 10.8. The van der Waals surface area contributed by atoms with Crippen molar-refractivity contribution >= 4 is 23.2 Å². The van der Waals surface area contributed by atoms with Crippen LogP contribution < -0.4 is 4.74 Å². The second-order valence-corrected chi connectivity index (χ2v) is 4.79. The third-order valence-electron chi connectivity index (χ3n) is 2.61. The van der Waals surface area contributed by atoms with Crippen molar-refractivity contribution in [3.8, 4) is 17.6 Å². The molecule has 2 aromatic carbocycles. The fraction of sp³-hybridized carbons (Fsp3) is 0.125. The average Bonchev–Trinajstić information content (AvgIpc) is 2.47. The summed E-state index contributed by atoms with van der Waals surface area (Å²) in [6.45, 7) is 0.0765. The maximum atomic E-state index is 13.3. The second kappa shape index (κ2) is 7.31. The molecule has 0 saturated heterocycles. The predicted molar refractivity (Wildman–Crippen MR) is 79.7 cm³/mol. The third-order valence-corrected chi connectivity index (χ3v) is 3.05. The summed E-state index contributed by atoms with van der Waals surface area (Å²) in [5.74, 6) is 4.93. The number of hydrogen-bond acceptors (Lipinski definition) is 1. The van der Waals surface area contributed by atoms with Gasteiger partial charge in [-0.05, 0) is 29.8 Å². The van der Waals surface area contributed by atoms with E-state index in [0.717, 1.165) is 0 Å². The molecular formula is C16H10Cl2F2O. The molecule has 0 heterocycles. The van der Waals surface area contributed by atoms with E-state index < -0.39 is 11.6 Å². The first-order valence-corrected chi connectivity index (χ1v) is 6.92. The van der Waals surface area contributed by atoms with Gasteiger partial charge in [0, 0.05) is 6.07 Å². The Labute approximate surface area is 131 Å². The number of halogens is 4. The zero-order valence-corrected chi connectivity index (χ0v) is 12.3. The summed E-state index contributed by atoms with van der Waals surface area (Å²) in [5, 5.41) is 0.0400. The van der Waals surface area contributed by atoms with E-state index in [2.05, 4.69) is 11.8 Å². The minimum Gasteiger partial charge on any atom is -0.487 e. The van der Waals surface area contributed by atoms with E-state index in [1.807, 2.05) is 0 Å². The molecule has 0 N–H and O–H groups in total. The Hall–Kier alpha value is -1.76. The molecule has 21 heavy (non-hydrogen) atoms. The first-order chi connectivity index (χ1) is 10.1. The zero-order chi connectivity index (χ0) is 15.2. The number of hydrogen-bond donors (Lipinski definition) is 0. The van der Waals surface area contributed by atoms with Gasteiger partial charge >= 0.3 is 0 Å². The number of rotatable bonds is 3. The topological polar surface area (TPSA) is 9.23 Å². The van der Waals surface area contributed by atoms with Crippen LogP contribution in [0.1, 0.15) is 11.1 Å². The van der Waals surface area contributed by atoms with E-state index in [4.69, 9.17) is 27.9 Å². The molecule has 0 unspecified atom stereocenters. The minimum atomic E-state index is -0.529. The number of ether oxygens (including phenoxy) is 1. The Morgan fingerprint density at radius 1 is 1.10 bits per heavy atom. The van der Waals surface area contributed by atoms with E-state index in [1.165, 1.54) is 30.3 Å². The highest BCUT2D eigenvalue weighted by Gasteiger charge is 2.06. The van der Waals surface area contributed by atoms with E-state index in [-0.39, 0.29) is 23.3 Å². The largest absolute Gasteiger partial charge is 0.487 e. The van der Waals surface area contributed by atoms with Gasteiger partial charge in [-0.3, -0.25) is 0 Å². The SMILES string of the molecule is Fc1ccc(C#CCCl)c(OCc2ccc(Cl)c(F)c2)c1. The molecule has 108 valence electrons. The van der Waals surface area contributed by atoms with Crippen molar-refractivity contribution in [3.63, 3.8) is 0 Å². The fourth-order valence-corrected chi connectivity index (χ4v) is 1.82. The Bertz CT molecular complexity index is 705. The second-order valence-electron chi connectivity index (χ2n) is 4.11. The molecule has 0 saturated carbocycles. The lowest BCUT2D eigenvalue weighted by Gasteiger charge is -2.09. The van der Waals surface area contributed by atoms with Gasteiger partial charge in [-0.2, -0.15) is 0 Å². The maximum absolute atomic E-state index is 13.3. The Morgan fingerprint density at radius 2 is 1.90 bits per heavy atom. The summed E-state index contributed by atoms with van der Waals surface area (Å²) in [6, 6.07) is 8.36. The molecule has 1 nitrogen and oxygen atoms in total. The summed E-state index contributed by atoms with van der Waals surface area (Å²) in [6.07, 6.45) is 0. The summed E-state index contributed by atoms with van der Waals surface area (Å²) in [4.78, 5) is 0. The summed E-state index contributed by atoms with van der Waals surface area (Å²) >= 11 is 11.1. The molecule has 0 aliphatic carbocycles. The van der Waals surface area contributed by atoms with Crippen LogP contribution in [0.3, 0.4) is 0 Å². The fourth-order valence-electron chi connectivity index (χ4n) is 1.64. The van der Waals surface area contributed by atoms with E-state index in [9.17, 15) is 8.78 Å². The van der Waals surface area contributed by atoms with Gasteiger partial charge in [-0.1, -0.05) is 29.5 Å². The lowest BCUT2D eigenvalue weighted by atomic mass is 10.2. The van der Waals surface area contributed by atoms with Gasteiger partial charge in [-0.25, -0.2) is 8.78 Å². The van der Waals surface area contributed by atoms with Crippen LogP contribution in [0.25, 0.3) is 0 Å². The van der Waals surface area contributed by atoms with Crippen LogP contribution in [0.15, 0.2) is 36.4 Å². The van der Waals surface area contributed by atoms with Gasteiger partial charge in [0.15, 0.2) is 0 Å². The first-order valence-electron chi connectivity index (χ1n) is 6.01. The standard InChI is InChI=1S/C16H10Cl2F2O/c17-7-1-2-12-4-5-13(19)9-16(12)21-10-11-3-6-14(18)15(20)8-11/h3-6,8-9H,7,10H2. The Balaban J connectivity index is 2.18. The molecule has 0 radical (unpaired) electrons. The number of alkyl halides is 1. The minimum absolute atomic E-state index is 0.0400. The molecule has 0 aliphatic heterocycles. The van der Waals surface area contributed by atoms with Crippen LogP contribution in [-0.2, 0) is 6.61 Å². The van der Waals surface area contributed by atoms with Crippen LogP contribution in [0.4, 0.5) is 8.78 Å². The van der Waals surface area contributed by atoms with Gasteiger partial charge in [0.25, 0.3) is 0 Å². The van der Waals surface area contributed by atoms with Crippen molar-refractivity contribution in [1.82, 2.24) is 0 Å². The normalized spacial score (nSPS) is 9.90. The summed E-state index contributed by atoms with van der Waals surface area (Å²) < 4.78 is 32.1. The van der Waals surface area contributed by atoms with Crippen molar-refractivity contribution in [1.29, 1.82) is 0 Å². The molecule has 0 atom stereocenters. The molecule has 0 amide bonds. The van der Waals surface area contributed by atoms with Crippen LogP contribution >= 0.6 is 23.2 Å². The molecule has 2 aromatic rings. The lowest BCUT2D eigenvalue weighted by molar-refractivity contribution is 0.303. The number of benzene rings is 2. The molecule has 0 spiro atoms. The maximum Gasteiger partial charge on any atom is 0.142 e. The van der Waals surface area contributed by atoms with Crippen LogP contribution in [0, 0.1) is 23.5 Å². The monoisotopic (exact) mass is 326 g/mol. The van der Waals surface area contributed by atoms with Crippen molar-refractivity contribution in [2.45, 2.75) is 6.61 Å². The molecular weight excluding hydrogens is 317 g/mol. The Kier molecular flexibility index (Phi) is 5.44. The van der Waals surface area contributed by atoms with Crippen molar-refractivity contribution < 1.29 is 13.5 Å². The van der Waals surface area contributed by atoms with Crippen molar-refractivity contribution in [2.24, 2.45) is 0 Å². The first kappa shape index (κ1) is 15.6. The molecule has 2 rings (SSSR count). The van der Waals surface area contributed by atoms with Gasteiger partial charge in [-0.15, -0.1) is 11.6 Å². The third kappa shape index (κ3) is 4.35. The van der Waals surface area contributed by atoms with Crippen molar-refractivity contribution in [2.75, 3.05) is 5.88 Å². The highest BCUT2D eigenvalue weighted by molar-refractivity contribution is 6.30. The van der Waals surface area contributed by atoms with E-state index in [0.29, 0.717) is 11.1 Å². The summed E-state index contributed by atoms with van der Waals surface area (Å²) in [7, 11) is 0. The molecule has 0 aliphatic rings. The molecule has 0 bridgehead atoms. The van der Waals surface area contributed by atoms with Crippen molar-refractivity contribution in [3.05, 3.63) is 64.2 Å². The van der Waals surface area contributed by atoms with E-state index >= 15 is 0 Å². The van der Waals surface area contributed by atoms with E-state index in [1.54, 1.807) is 6.07 Å². The molecule has 0 aromatic heterocycles. The van der Waals surface area contributed by atoms with Crippen LogP contribution in [0.5, 0.6) is 5.75 Å². The predicted octanol–water partition coefficient (Wildman–Crippen LogP) is 4.79. The molecule has 5 heteroatoms. The smallest absolute Gasteiger partial charge is 0.142 e. The highest BCUT2D eigenvalue weighted by Crippen LogP contribution is 2.22. The van der Waals surface area contributed by atoms with Gasteiger partial charge < -0.3 is 4.74 Å².